The molecule has 1 saturated heterocycles. The maximum absolute atomic E-state index is 11.9. The van der Waals surface area contributed by atoms with Gasteiger partial charge in [-0.05, 0) is 50.5 Å². The molecule has 1 aliphatic carbocycles. The molecular weight excluding hydrogens is 363 g/mol. The van der Waals surface area contributed by atoms with Gasteiger partial charge in [-0.1, -0.05) is 0 Å². The summed E-state index contributed by atoms with van der Waals surface area (Å²) in [5.41, 5.74) is 0.904. The van der Waals surface area contributed by atoms with Crippen LogP contribution in [0, 0.1) is 5.41 Å². The van der Waals surface area contributed by atoms with Gasteiger partial charge in [0, 0.05) is 30.9 Å². The highest BCUT2D eigenvalue weighted by molar-refractivity contribution is 6.53. The Bertz CT molecular complexity index is 657. The van der Waals surface area contributed by atoms with Crippen molar-refractivity contribution < 1.29 is 14.3 Å². The Hall–Kier alpha value is -1.46. The number of benzene rings is 1. The van der Waals surface area contributed by atoms with Crippen LogP contribution in [0.25, 0.3) is 0 Å². The molecule has 1 unspecified atom stereocenters. The topological polar surface area (TPSA) is 58.6 Å². The molecule has 0 aromatic heterocycles. The lowest BCUT2D eigenvalue weighted by molar-refractivity contribution is -0.152. The van der Waals surface area contributed by atoms with E-state index in [-0.39, 0.29) is 6.61 Å². The number of halogens is 2. The first-order valence-corrected chi connectivity index (χ1v) is 9.27. The van der Waals surface area contributed by atoms with Crippen molar-refractivity contribution >= 4 is 46.5 Å². The lowest BCUT2D eigenvalue weighted by Gasteiger charge is -2.28. The molecule has 0 spiro atoms. The van der Waals surface area contributed by atoms with E-state index in [1.54, 1.807) is 6.92 Å². The van der Waals surface area contributed by atoms with Crippen LogP contribution in [0.3, 0.4) is 0 Å². The number of nitrogens with one attached hydrogen (secondary N) is 1. The molecule has 1 saturated carbocycles. The van der Waals surface area contributed by atoms with Crippen LogP contribution in [0.4, 0.5) is 11.4 Å². The molecule has 1 aromatic rings. The van der Waals surface area contributed by atoms with Crippen LogP contribution in [0.15, 0.2) is 24.3 Å². The summed E-state index contributed by atoms with van der Waals surface area (Å²) in [6.07, 6.45) is 4.06. The molecule has 2 aliphatic rings. The predicted octanol–water partition coefficient (Wildman–Crippen LogP) is 3.74. The van der Waals surface area contributed by atoms with Gasteiger partial charge < -0.3 is 15.0 Å². The molecule has 0 bridgehead atoms. The van der Waals surface area contributed by atoms with Crippen LogP contribution in [0.5, 0.6) is 0 Å². The largest absolute Gasteiger partial charge is 0.455 e. The van der Waals surface area contributed by atoms with Gasteiger partial charge in [-0.2, -0.15) is 0 Å². The number of esters is 1. The van der Waals surface area contributed by atoms with Crippen molar-refractivity contribution in [1.82, 2.24) is 0 Å². The predicted molar refractivity (Wildman–Crippen MR) is 99.3 cm³/mol. The highest BCUT2D eigenvalue weighted by atomic mass is 35.5. The van der Waals surface area contributed by atoms with Crippen LogP contribution >= 0.6 is 23.2 Å². The Morgan fingerprint density at radius 2 is 1.76 bits per heavy atom. The van der Waals surface area contributed by atoms with Gasteiger partial charge in [0.25, 0.3) is 5.91 Å². The van der Waals surface area contributed by atoms with E-state index in [0.29, 0.717) is 12.1 Å². The van der Waals surface area contributed by atoms with Gasteiger partial charge in [-0.3, -0.25) is 9.59 Å². The van der Waals surface area contributed by atoms with Gasteiger partial charge in [-0.15, -0.1) is 23.2 Å². The van der Waals surface area contributed by atoms with E-state index in [2.05, 4.69) is 10.2 Å². The third-order valence-corrected chi connectivity index (χ3v) is 6.02. The number of hydrogen-bond acceptors (Lipinski definition) is 4. The Labute approximate surface area is 157 Å². The second kappa shape index (κ2) is 7.04. The van der Waals surface area contributed by atoms with Gasteiger partial charge in [-0.25, -0.2) is 0 Å². The molecule has 3 rings (SSSR count). The van der Waals surface area contributed by atoms with E-state index in [9.17, 15) is 9.59 Å². The lowest BCUT2D eigenvalue weighted by atomic mass is 10.1. The number of anilines is 2. The first kappa shape index (κ1) is 18.3. The van der Waals surface area contributed by atoms with E-state index in [4.69, 9.17) is 27.9 Å². The number of amides is 1. The highest BCUT2D eigenvalue weighted by Gasteiger charge is 2.69. The Morgan fingerprint density at radius 3 is 2.32 bits per heavy atom. The number of nitrogens with zero attached hydrogens (tertiary/aromatic N) is 1. The molecule has 2 fully saturated rings. The Morgan fingerprint density at radius 1 is 1.16 bits per heavy atom. The minimum Gasteiger partial charge on any atom is -0.455 e. The van der Waals surface area contributed by atoms with Crippen LogP contribution in [0.1, 0.15) is 32.6 Å². The van der Waals surface area contributed by atoms with E-state index in [1.807, 2.05) is 24.3 Å². The first-order chi connectivity index (χ1) is 11.8. The SMILES string of the molecule is CC1(C(=O)OCC(=O)Nc2ccc(N3CCCCC3)cc2)CC1(Cl)Cl. The zero-order chi connectivity index (χ0) is 18.1. The van der Waals surface area contributed by atoms with E-state index in [1.165, 1.54) is 19.3 Å². The zero-order valence-corrected chi connectivity index (χ0v) is 15.7. The summed E-state index contributed by atoms with van der Waals surface area (Å²) < 4.78 is 3.94. The molecule has 1 heterocycles. The first-order valence-electron chi connectivity index (χ1n) is 8.52. The molecule has 1 N–H and O–H groups in total. The smallest absolute Gasteiger partial charge is 0.315 e. The maximum atomic E-state index is 11.9. The van der Waals surface area contributed by atoms with Crippen molar-refractivity contribution in [2.75, 3.05) is 29.9 Å². The fourth-order valence-corrected chi connectivity index (χ4v) is 3.71. The minimum absolute atomic E-state index is 0.335. The van der Waals surface area contributed by atoms with Crippen LogP contribution in [0.2, 0.25) is 0 Å². The number of carbonyl (C=O) groups is 2. The number of ether oxygens (including phenoxy) is 1. The molecule has 5 nitrogen and oxygen atoms in total. The van der Waals surface area contributed by atoms with Crippen LogP contribution in [-0.2, 0) is 14.3 Å². The highest BCUT2D eigenvalue weighted by Crippen LogP contribution is 2.64. The molecule has 136 valence electrons. The average Bonchev–Trinajstić information content (AvgIpc) is 3.13. The molecule has 7 heteroatoms. The standard InChI is InChI=1S/C18H22Cl2N2O3/c1-17(12-18(17,19)20)16(24)25-11-15(23)21-13-5-7-14(8-6-13)22-9-3-2-4-10-22/h5-8H,2-4,9-12H2,1H3,(H,21,23). The fraction of sp³-hybridized carbons (Fsp3) is 0.556. The minimum atomic E-state index is -1.09. The number of alkyl halides is 2. The normalized spacial score (nSPS) is 24.5. The fourth-order valence-electron chi connectivity index (χ4n) is 3.02. The molecule has 1 amide bonds. The van der Waals surface area contributed by atoms with E-state index >= 15 is 0 Å². The van der Waals surface area contributed by atoms with Crippen molar-refractivity contribution in [2.45, 2.75) is 36.9 Å². The zero-order valence-electron chi connectivity index (χ0n) is 14.2. The summed E-state index contributed by atoms with van der Waals surface area (Å²) in [4.78, 5) is 26.2. The van der Waals surface area contributed by atoms with Crippen molar-refractivity contribution in [2.24, 2.45) is 5.41 Å². The molecule has 0 radical (unpaired) electrons. The third kappa shape index (κ3) is 4.04. The number of carbonyl (C=O) groups excluding carboxylic acids is 2. The van der Waals surface area contributed by atoms with Crippen molar-refractivity contribution in [3.05, 3.63) is 24.3 Å². The van der Waals surface area contributed by atoms with Gasteiger partial charge in [0.2, 0.25) is 0 Å². The van der Waals surface area contributed by atoms with Crippen molar-refractivity contribution in [3.8, 4) is 0 Å². The van der Waals surface area contributed by atoms with Gasteiger partial charge in [0.05, 0.1) is 0 Å². The van der Waals surface area contributed by atoms with Crippen molar-refractivity contribution in [1.29, 1.82) is 0 Å². The van der Waals surface area contributed by atoms with Gasteiger partial charge in [0.1, 0.15) is 9.75 Å². The summed E-state index contributed by atoms with van der Waals surface area (Å²) in [7, 11) is 0. The molecule has 1 aliphatic heterocycles. The summed E-state index contributed by atoms with van der Waals surface area (Å²) in [5, 5.41) is 2.72. The molecular formula is C18H22Cl2N2O3. The molecule has 1 aromatic carbocycles. The third-order valence-electron chi connectivity index (χ3n) is 4.91. The average molecular weight is 385 g/mol. The van der Waals surface area contributed by atoms with E-state index in [0.717, 1.165) is 18.8 Å². The van der Waals surface area contributed by atoms with Crippen molar-refractivity contribution in [3.63, 3.8) is 0 Å². The van der Waals surface area contributed by atoms with Crippen LogP contribution < -0.4 is 10.2 Å². The van der Waals surface area contributed by atoms with E-state index < -0.39 is 21.6 Å². The Balaban J connectivity index is 1.47. The van der Waals surface area contributed by atoms with Gasteiger partial charge >= 0.3 is 5.97 Å². The summed E-state index contributed by atoms with van der Waals surface area (Å²) in [6.45, 7) is 3.42. The second-order valence-corrected chi connectivity index (χ2v) is 8.42. The molecule has 1 atom stereocenters. The summed E-state index contributed by atoms with van der Waals surface area (Å²) in [5.74, 6) is -0.939. The summed E-state index contributed by atoms with van der Waals surface area (Å²) in [6, 6.07) is 7.70. The second-order valence-electron chi connectivity index (χ2n) is 6.93. The lowest BCUT2D eigenvalue weighted by Crippen LogP contribution is -2.29. The number of piperidine rings is 1. The number of rotatable bonds is 5. The van der Waals surface area contributed by atoms with Gasteiger partial charge in [0.15, 0.2) is 6.61 Å². The molecule has 25 heavy (non-hydrogen) atoms. The number of hydrogen-bond donors (Lipinski definition) is 1. The van der Waals surface area contributed by atoms with Crippen LogP contribution in [-0.4, -0.2) is 35.9 Å². The summed E-state index contributed by atoms with van der Waals surface area (Å²) >= 11 is 11.9. The quantitative estimate of drug-likeness (QED) is 0.620. The Kier molecular flexibility index (Phi) is 5.16. The maximum Gasteiger partial charge on any atom is 0.315 e. The monoisotopic (exact) mass is 384 g/mol.